The summed E-state index contributed by atoms with van der Waals surface area (Å²) in [5, 5.41) is 0. The van der Waals surface area contributed by atoms with Crippen LogP contribution in [0.3, 0.4) is 0 Å². The molecule has 0 aliphatic rings. The van der Waals surface area contributed by atoms with Gasteiger partial charge in [0.25, 0.3) is 5.91 Å². The molecule has 0 aliphatic carbocycles. The minimum atomic E-state index is 0.0764. The standard InChI is InChI=1S/C17H18BrNO/c1-3-19(12-14-5-4-6-16(18)11-14)17(20)15-9-7-13(2)8-10-15/h4-11H,3,12H2,1-2H3. The van der Waals surface area contributed by atoms with Crippen LogP contribution in [0.4, 0.5) is 0 Å². The quantitative estimate of drug-likeness (QED) is 0.812. The molecular formula is C17H18BrNO. The molecule has 0 heterocycles. The molecule has 104 valence electrons. The first-order chi connectivity index (χ1) is 9.60. The molecular weight excluding hydrogens is 314 g/mol. The van der Waals surface area contributed by atoms with Crippen molar-refractivity contribution in [2.75, 3.05) is 6.54 Å². The van der Waals surface area contributed by atoms with E-state index in [9.17, 15) is 4.79 Å². The summed E-state index contributed by atoms with van der Waals surface area (Å²) >= 11 is 3.46. The maximum Gasteiger partial charge on any atom is 0.254 e. The van der Waals surface area contributed by atoms with E-state index in [-0.39, 0.29) is 5.91 Å². The zero-order valence-electron chi connectivity index (χ0n) is 11.8. The van der Waals surface area contributed by atoms with Gasteiger partial charge >= 0.3 is 0 Å². The lowest BCUT2D eigenvalue weighted by Gasteiger charge is -2.21. The summed E-state index contributed by atoms with van der Waals surface area (Å²) in [7, 11) is 0. The molecule has 0 aliphatic heterocycles. The molecule has 2 aromatic carbocycles. The van der Waals surface area contributed by atoms with Crippen LogP contribution in [0.1, 0.15) is 28.4 Å². The van der Waals surface area contributed by atoms with Gasteiger partial charge in [-0.15, -0.1) is 0 Å². The summed E-state index contributed by atoms with van der Waals surface area (Å²) in [5.41, 5.74) is 3.03. The molecule has 0 saturated heterocycles. The zero-order valence-corrected chi connectivity index (χ0v) is 13.4. The summed E-state index contributed by atoms with van der Waals surface area (Å²) in [4.78, 5) is 14.3. The number of aryl methyl sites for hydroxylation is 1. The maximum absolute atomic E-state index is 12.5. The van der Waals surface area contributed by atoms with Crippen molar-refractivity contribution in [1.29, 1.82) is 0 Å². The number of nitrogens with zero attached hydrogens (tertiary/aromatic N) is 1. The number of carbonyl (C=O) groups excluding carboxylic acids is 1. The molecule has 0 fully saturated rings. The highest BCUT2D eigenvalue weighted by Crippen LogP contribution is 2.15. The van der Waals surface area contributed by atoms with E-state index in [1.165, 1.54) is 0 Å². The number of amides is 1. The molecule has 0 unspecified atom stereocenters. The van der Waals surface area contributed by atoms with Crippen LogP contribution in [0.15, 0.2) is 53.0 Å². The monoisotopic (exact) mass is 331 g/mol. The normalized spacial score (nSPS) is 10.3. The van der Waals surface area contributed by atoms with Crippen molar-refractivity contribution in [3.8, 4) is 0 Å². The van der Waals surface area contributed by atoms with Gasteiger partial charge in [-0.2, -0.15) is 0 Å². The first kappa shape index (κ1) is 14.8. The van der Waals surface area contributed by atoms with Crippen LogP contribution >= 0.6 is 15.9 Å². The molecule has 0 atom stereocenters. The molecule has 2 aromatic rings. The van der Waals surface area contributed by atoms with Gasteiger partial charge in [-0.25, -0.2) is 0 Å². The largest absolute Gasteiger partial charge is 0.335 e. The Hall–Kier alpha value is -1.61. The minimum absolute atomic E-state index is 0.0764. The minimum Gasteiger partial charge on any atom is -0.335 e. The van der Waals surface area contributed by atoms with E-state index in [4.69, 9.17) is 0 Å². The molecule has 0 saturated carbocycles. The van der Waals surface area contributed by atoms with Gasteiger partial charge in [-0.05, 0) is 43.7 Å². The van der Waals surface area contributed by atoms with Crippen LogP contribution in [0.2, 0.25) is 0 Å². The van der Waals surface area contributed by atoms with Gasteiger partial charge in [0.15, 0.2) is 0 Å². The van der Waals surface area contributed by atoms with Crippen molar-refractivity contribution in [3.63, 3.8) is 0 Å². The Morgan fingerprint density at radius 2 is 1.85 bits per heavy atom. The fourth-order valence-corrected chi connectivity index (χ4v) is 2.51. The summed E-state index contributed by atoms with van der Waals surface area (Å²) in [5.74, 6) is 0.0764. The molecule has 3 heteroatoms. The number of hydrogen-bond donors (Lipinski definition) is 0. The third-order valence-corrected chi connectivity index (χ3v) is 3.72. The van der Waals surface area contributed by atoms with Crippen LogP contribution < -0.4 is 0 Å². The number of carbonyl (C=O) groups is 1. The summed E-state index contributed by atoms with van der Waals surface area (Å²) in [6, 6.07) is 15.8. The molecule has 0 bridgehead atoms. The van der Waals surface area contributed by atoms with Gasteiger partial charge in [0.2, 0.25) is 0 Å². The van der Waals surface area contributed by atoms with E-state index < -0.39 is 0 Å². The molecule has 0 spiro atoms. The Kier molecular flexibility index (Phi) is 4.96. The lowest BCUT2D eigenvalue weighted by atomic mass is 10.1. The van der Waals surface area contributed by atoms with Gasteiger partial charge in [0.05, 0.1) is 0 Å². The van der Waals surface area contributed by atoms with Gasteiger partial charge in [-0.3, -0.25) is 4.79 Å². The van der Waals surface area contributed by atoms with Crippen molar-refractivity contribution >= 4 is 21.8 Å². The van der Waals surface area contributed by atoms with Crippen molar-refractivity contribution in [3.05, 3.63) is 69.7 Å². The fraction of sp³-hybridized carbons (Fsp3) is 0.235. The fourth-order valence-electron chi connectivity index (χ4n) is 2.06. The highest BCUT2D eigenvalue weighted by molar-refractivity contribution is 9.10. The second kappa shape index (κ2) is 6.71. The van der Waals surface area contributed by atoms with Crippen molar-refractivity contribution in [2.24, 2.45) is 0 Å². The first-order valence-electron chi connectivity index (χ1n) is 6.70. The van der Waals surface area contributed by atoms with Crippen LogP contribution in [-0.2, 0) is 6.54 Å². The first-order valence-corrected chi connectivity index (χ1v) is 7.50. The maximum atomic E-state index is 12.5. The van der Waals surface area contributed by atoms with Crippen LogP contribution in [0.25, 0.3) is 0 Å². The second-order valence-electron chi connectivity index (χ2n) is 4.82. The smallest absolute Gasteiger partial charge is 0.254 e. The van der Waals surface area contributed by atoms with Crippen molar-refractivity contribution in [1.82, 2.24) is 4.90 Å². The summed E-state index contributed by atoms with van der Waals surface area (Å²) < 4.78 is 1.04. The van der Waals surface area contributed by atoms with Gasteiger partial charge < -0.3 is 4.90 Å². The van der Waals surface area contributed by atoms with Crippen LogP contribution in [-0.4, -0.2) is 17.4 Å². The van der Waals surface area contributed by atoms with E-state index in [2.05, 4.69) is 15.9 Å². The van der Waals surface area contributed by atoms with E-state index in [0.717, 1.165) is 21.2 Å². The van der Waals surface area contributed by atoms with Gasteiger partial charge in [-0.1, -0.05) is 45.8 Å². The topological polar surface area (TPSA) is 20.3 Å². The van der Waals surface area contributed by atoms with Crippen molar-refractivity contribution in [2.45, 2.75) is 20.4 Å². The molecule has 0 radical (unpaired) electrons. The molecule has 20 heavy (non-hydrogen) atoms. The number of rotatable bonds is 4. The van der Waals surface area contributed by atoms with Crippen LogP contribution in [0, 0.1) is 6.92 Å². The Morgan fingerprint density at radius 3 is 2.45 bits per heavy atom. The lowest BCUT2D eigenvalue weighted by molar-refractivity contribution is 0.0752. The third-order valence-electron chi connectivity index (χ3n) is 3.23. The van der Waals surface area contributed by atoms with E-state index in [1.807, 2.05) is 67.3 Å². The molecule has 2 rings (SSSR count). The van der Waals surface area contributed by atoms with Crippen LogP contribution in [0.5, 0.6) is 0 Å². The average molecular weight is 332 g/mol. The Morgan fingerprint density at radius 1 is 1.15 bits per heavy atom. The van der Waals surface area contributed by atoms with Crippen molar-refractivity contribution < 1.29 is 4.79 Å². The summed E-state index contributed by atoms with van der Waals surface area (Å²) in [6.45, 7) is 5.35. The molecule has 2 nitrogen and oxygen atoms in total. The highest BCUT2D eigenvalue weighted by atomic mass is 79.9. The van der Waals surface area contributed by atoms with E-state index >= 15 is 0 Å². The number of halogens is 1. The third kappa shape index (κ3) is 3.70. The predicted octanol–water partition coefficient (Wildman–Crippen LogP) is 4.42. The number of benzene rings is 2. The van der Waals surface area contributed by atoms with Gasteiger partial charge in [0.1, 0.15) is 0 Å². The van der Waals surface area contributed by atoms with E-state index in [1.54, 1.807) is 0 Å². The molecule has 0 aromatic heterocycles. The Labute approximate surface area is 128 Å². The lowest BCUT2D eigenvalue weighted by Crippen LogP contribution is -2.30. The Bertz CT molecular complexity index is 592. The zero-order chi connectivity index (χ0) is 14.5. The highest BCUT2D eigenvalue weighted by Gasteiger charge is 2.14. The van der Waals surface area contributed by atoms with Gasteiger partial charge in [0, 0.05) is 23.1 Å². The SMILES string of the molecule is CCN(Cc1cccc(Br)c1)C(=O)c1ccc(C)cc1. The number of hydrogen-bond acceptors (Lipinski definition) is 1. The predicted molar refractivity (Wildman–Crippen MR) is 85.7 cm³/mol. The molecule has 1 amide bonds. The molecule has 0 N–H and O–H groups in total. The Balaban J connectivity index is 2.15. The average Bonchev–Trinajstić information content (AvgIpc) is 2.45. The summed E-state index contributed by atoms with van der Waals surface area (Å²) in [6.07, 6.45) is 0. The second-order valence-corrected chi connectivity index (χ2v) is 5.73. The van der Waals surface area contributed by atoms with E-state index in [0.29, 0.717) is 13.1 Å².